The molecule has 0 bridgehead atoms. The van der Waals surface area contributed by atoms with Crippen LogP contribution in [0.2, 0.25) is 0 Å². The Kier molecular flexibility index (Phi) is 5.32. The highest BCUT2D eigenvalue weighted by Gasteiger charge is 2.25. The second-order valence-corrected chi connectivity index (χ2v) is 6.80. The maximum absolute atomic E-state index is 13.9. The van der Waals surface area contributed by atoms with Gasteiger partial charge in [-0.3, -0.25) is 4.79 Å². The van der Waals surface area contributed by atoms with Gasteiger partial charge in [0, 0.05) is 13.1 Å². The Labute approximate surface area is 162 Å². The summed E-state index contributed by atoms with van der Waals surface area (Å²) < 4.78 is 19.8. The fourth-order valence-electron chi connectivity index (χ4n) is 3.34. The fraction of sp³-hybridized carbons (Fsp3) is 0.286. The number of benzene rings is 2. The zero-order valence-electron chi connectivity index (χ0n) is 15.3. The molecule has 4 rings (SSSR count). The van der Waals surface area contributed by atoms with Crippen molar-refractivity contribution in [2.45, 2.75) is 25.3 Å². The van der Waals surface area contributed by atoms with Gasteiger partial charge in [0.15, 0.2) is 0 Å². The van der Waals surface area contributed by atoms with E-state index in [2.05, 4.69) is 15.5 Å². The Morgan fingerprint density at radius 2 is 1.79 bits per heavy atom. The number of hydrogen-bond donors (Lipinski definition) is 1. The van der Waals surface area contributed by atoms with Crippen LogP contribution < -0.4 is 10.2 Å². The van der Waals surface area contributed by atoms with Crippen LogP contribution >= 0.6 is 0 Å². The van der Waals surface area contributed by atoms with Crippen LogP contribution in [0.4, 0.5) is 10.4 Å². The molecule has 0 radical (unpaired) electrons. The predicted molar refractivity (Wildman–Crippen MR) is 102 cm³/mol. The van der Waals surface area contributed by atoms with Gasteiger partial charge in [0.2, 0.25) is 11.8 Å². The van der Waals surface area contributed by atoms with Crippen LogP contribution in [-0.2, 0) is 11.2 Å². The van der Waals surface area contributed by atoms with Crippen molar-refractivity contribution in [2.24, 2.45) is 0 Å². The van der Waals surface area contributed by atoms with Crippen molar-refractivity contribution in [3.05, 3.63) is 77.4 Å². The summed E-state index contributed by atoms with van der Waals surface area (Å²) in [4.78, 5) is 14.6. The molecule has 144 valence electrons. The Morgan fingerprint density at radius 3 is 2.54 bits per heavy atom. The summed E-state index contributed by atoms with van der Waals surface area (Å²) in [7, 11) is 0. The third-order valence-electron chi connectivity index (χ3n) is 4.80. The summed E-state index contributed by atoms with van der Waals surface area (Å²) in [6.45, 7) is 1.77. The summed E-state index contributed by atoms with van der Waals surface area (Å²) in [5, 5.41) is 11.2. The zero-order chi connectivity index (χ0) is 19.3. The van der Waals surface area contributed by atoms with E-state index in [1.165, 1.54) is 6.07 Å². The van der Waals surface area contributed by atoms with Gasteiger partial charge in [-0.15, -0.1) is 5.10 Å². The van der Waals surface area contributed by atoms with Crippen molar-refractivity contribution >= 4 is 11.9 Å². The van der Waals surface area contributed by atoms with Crippen molar-refractivity contribution < 1.29 is 13.6 Å². The Bertz CT molecular complexity index is 938. The molecule has 0 aliphatic carbocycles. The van der Waals surface area contributed by atoms with Crippen molar-refractivity contribution in [1.29, 1.82) is 0 Å². The Hall–Kier alpha value is -3.22. The number of aromatic nitrogens is 2. The van der Waals surface area contributed by atoms with Gasteiger partial charge in [-0.2, -0.15) is 0 Å². The lowest BCUT2D eigenvalue weighted by Gasteiger charge is -2.16. The average Bonchev–Trinajstić information content (AvgIpc) is 3.40. The normalized spacial score (nSPS) is 14.8. The van der Waals surface area contributed by atoms with Crippen LogP contribution in [0.1, 0.15) is 35.9 Å². The van der Waals surface area contributed by atoms with Gasteiger partial charge in [0.05, 0.1) is 6.42 Å². The monoisotopic (exact) mass is 380 g/mol. The molecule has 0 spiro atoms. The minimum Gasteiger partial charge on any atom is -0.405 e. The van der Waals surface area contributed by atoms with Crippen molar-refractivity contribution in [3.8, 4) is 0 Å². The van der Waals surface area contributed by atoms with Crippen molar-refractivity contribution in [2.75, 3.05) is 18.0 Å². The molecule has 1 saturated heterocycles. The molecular weight excluding hydrogens is 359 g/mol. The van der Waals surface area contributed by atoms with Crippen molar-refractivity contribution in [3.63, 3.8) is 0 Å². The molecule has 1 N–H and O–H groups in total. The molecule has 1 fully saturated rings. The molecule has 28 heavy (non-hydrogen) atoms. The van der Waals surface area contributed by atoms with E-state index in [0.717, 1.165) is 31.5 Å². The fourth-order valence-corrected chi connectivity index (χ4v) is 3.34. The molecule has 1 aliphatic heterocycles. The maximum atomic E-state index is 13.9. The lowest BCUT2D eigenvalue weighted by Crippen LogP contribution is -2.31. The van der Waals surface area contributed by atoms with Gasteiger partial charge >= 0.3 is 6.01 Å². The van der Waals surface area contributed by atoms with Crippen molar-refractivity contribution in [1.82, 2.24) is 15.5 Å². The smallest absolute Gasteiger partial charge is 0.318 e. The first kappa shape index (κ1) is 18.2. The van der Waals surface area contributed by atoms with Crippen LogP contribution in [0.5, 0.6) is 0 Å². The minimum absolute atomic E-state index is 0.0663. The molecule has 1 aliphatic rings. The summed E-state index contributed by atoms with van der Waals surface area (Å²) >= 11 is 0. The van der Waals surface area contributed by atoms with E-state index in [1.54, 1.807) is 18.2 Å². The van der Waals surface area contributed by atoms with Gasteiger partial charge < -0.3 is 14.6 Å². The number of nitrogens with one attached hydrogen (secondary N) is 1. The Balaban J connectivity index is 1.56. The highest BCUT2D eigenvalue weighted by molar-refractivity contribution is 5.79. The van der Waals surface area contributed by atoms with Gasteiger partial charge in [0.1, 0.15) is 11.9 Å². The van der Waals surface area contributed by atoms with Crippen LogP contribution in [0.15, 0.2) is 59.0 Å². The molecule has 1 aromatic heterocycles. The first-order valence-corrected chi connectivity index (χ1v) is 9.37. The van der Waals surface area contributed by atoms with E-state index in [1.807, 2.05) is 35.2 Å². The third-order valence-corrected chi connectivity index (χ3v) is 4.80. The number of halogens is 1. The van der Waals surface area contributed by atoms with Gasteiger partial charge in [-0.1, -0.05) is 53.6 Å². The second-order valence-electron chi connectivity index (χ2n) is 6.80. The lowest BCUT2D eigenvalue weighted by atomic mass is 10.1. The molecule has 7 heteroatoms. The molecule has 1 amide bonds. The quantitative estimate of drug-likeness (QED) is 0.711. The van der Waals surface area contributed by atoms with Crippen LogP contribution in [-0.4, -0.2) is 29.2 Å². The predicted octanol–water partition coefficient (Wildman–Crippen LogP) is 3.26. The first-order chi connectivity index (χ1) is 13.7. The molecule has 1 atom stereocenters. The molecule has 6 nitrogen and oxygen atoms in total. The maximum Gasteiger partial charge on any atom is 0.318 e. The number of carbonyl (C=O) groups excluding carboxylic acids is 1. The number of hydrogen-bond acceptors (Lipinski definition) is 5. The van der Waals surface area contributed by atoms with E-state index in [9.17, 15) is 9.18 Å². The topological polar surface area (TPSA) is 71.3 Å². The van der Waals surface area contributed by atoms with Crippen LogP contribution in [0.3, 0.4) is 0 Å². The summed E-state index contributed by atoms with van der Waals surface area (Å²) in [5.41, 5.74) is 1.16. The van der Waals surface area contributed by atoms with E-state index in [-0.39, 0.29) is 12.3 Å². The highest BCUT2D eigenvalue weighted by Crippen LogP contribution is 2.25. The standard InChI is InChI=1S/C21H21FN4O2/c22-17-11-5-4-10-16(17)14-18(27)23-19(15-8-2-1-3-9-15)20-24-25-21(28-20)26-12-6-7-13-26/h1-5,8-11,19H,6-7,12-14H2,(H,23,27)/t19-/m0/s1. The average molecular weight is 380 g/mol. The molecule has 3 aromatic rings. The van der Waals surface area contributed by atoms with E-state index in [4.69, 9.17) is 4.42 Å². The molecule has 2 aromatic carbocycles. The molecule has 0 unspecified atom stereocenters. The Morgan fingerprint density at radius 1 is 1.07 bits per heavy atom. The summed E-state index contributed by atoms with van der Waals surface area (Å²) in [6, 6.07) is 15.5. The number of anilines is 1. The summed E-state index contributed by atoms with van der Waals surface area (Å²) in [6.07, 6.45) is 2.13. The van der Waals surface area contributed by atoms with Gasteiger partial charge in [-0.25, -0.2) is 4.39 Å². The second kappa shape index (κ2) is 8.21. The first-order valence-electron chi connectivity index (χ1n) is 9.37. The number of rotatable bonds is 6. The molecular formula is C21H21FN4O2. The molecule has 0 saturated carbocycles. The van der Waals surface area contributed by atoms with E-state index >= 15 is 0 Å². The van der Waals surface area contributed by atoms with E-state index < -0.39 is 11.9 Å². The summed E-state index contributed by atoms with van der Waals surface area (Å²) in [5.74, 6) is -0.405. The molecule has 2 heterocycles. The third kappa shape index (κ3) is 4.03. The van der Waals surface area contributed by atoms with Crippen LogP contribution in [0, 0.1) is 5.82 Å². The highest BCUT2D eigenvalue weighted by atomic mass is 19.1. The minimum atomic E-state index is -0.593. The van der Waals surface area contributed by atoms with E-state index in [0.29, 0.717) is 17.5 Å². The zero-order valence-corrected chi connectivity index (χ0v) is 15.3. The largest absolute Gasteiger partial charge is 0.405 e. The van der Waals surface area contributed by atoms with Crippen LogP contribution in [0.25, 0.3) is 0 Å². The van der Waals surface area contributed by atoms with Gasteiger partial charge in [-0.05, 0) is 30.0 Å². The SMILES string of the molecule is O=C(Cc1ccccc1F)N[C@@H](c1ccccc1)c1nnc(N2CCCC2)o1. The van der Waals surface area contributed by atoms with Gasteiger partial charge in [0.25, 0.3) is 0 Å². The number of nitrogens with zero attached hydrogens (tertiary/aromatic N) is 3. The number of carbonyl (C=O) groups is 1. The lowest BCUT2D eigenvalue weighted by molar-refractivity contribution is -0.121. The number of amides is 1.